The summed E-state index contributed by atoms with van der Waals surface area (Å²) in [6, 6.07) is 8.03. The molecule has 0 fully saturated rings. The van der Waals surface area contributed by atoms with E-state index in [1.807, 2.05) is 0 Å². The van der Waals surface area contributed by atoms with E-state index in [1.165, 1.54) is 25.6 Å². The first kappa shape index (κ1) is 25.6. The van der Waals surface area contributed by atoms with E-state index in [4.69, 9.17) is 16.0 Å². The van der Waals surface area contributed by atoms with Crippen LogP contribution in [0.3, 0.4) is 0 Å². The van der Waals surface area contributed by atoms with Crippen molar-refractivity contribution in [3.63, 3.8) is 0 Å². The first-order valence-electron chi connectivity index (χ1n) is 11.3. The van der Waals surface area contributed by atoms with Crippen LogP contribution < -0.4 is 30.3 Å². The maximum Gasteiger partial charge on any atom is 0.325 e. The zero-order chi connectivity index (χ0) is 26.6. The lowest BCUT2D eigenvalue weighted by Crippen LogP contribution is -2.40. The van der Waals surface area contributed by atoms with Gasteiger partial charge in [-0.1, -0.05) is 23.5 Å². The first-order valence-corrected chi connectivity index (χ1v) is 12.1. The second-order valence-electron chi connectivity index (χ2n) is 8.57. The fourth-order valence-electron chi connectivity index (χ4n) is 3.61. The monoisotopic (exact) mass is 522 g/mol. The summed E-state index contributed by atoms with van der Waals surface area (Å²) in [5, 5.41) is 8.55. The number of aromatic nitrogens is 3. The summed E-state index contributed by atoms with van der Waals surface area (Å²) in [7, 11) is 3.03. The predicted octanol–water partition coefficient (Wildman–Crippen LogP) is 3.54. The third-order valence-corrected chi connectivity index (χ3v) is 6.45. The fourth-order valence-corrected chi connectivity index (χ4v) is 4.63. The van der Waals surface area contributed by atoms with Gasteiger partial charge in [-0.3, -0.25) is 20.3 Å². The van der Waals surface area contributed by atoms with Crippen LogP contribution in [0.1, 0.15) is 34.8 Å². The van der Waals surface area contributed by atoms with Crippen molar-refractivity contribution in [2.24, 2.45) is 0 Å². The third kappa shape index (κ3) is 6.04. The Morgan fingerprint density at radius 1 is 1.14 bits per heavy atom. The Morgan fingerprint density at radius 3 is 2.65 bits per heavy atom. The Hall–Kier alpha value is -4.44. The Morgan fingerprint density at radius 2 is 1.92 bits per heavy atom. The van der Waals surface area contributed by atoms with E-state index in [1.54, 1.807) is 44.2 Å². The third-order valence-electron chi connectivity index (χ3n) is 5.45. The quantitative estimate of drug-likeness (QED) is 0.401. The Labute approximate surface area is 217 Å². The van der Waals surface area contributed by atoms with E-state index in [-0.39, 0.29) is 11.6 Å². The molecule has 192 valence electrons. The van der Waals surface area contributed by atoms with Crippen molar-refractivity contribution in [1.82, 2.24) is 20.3 Å². The molecule has 1 aliphatic heterocycles. The van der Waals surface area contributed by atoms with E-state index >= 15 is 0 Å². The maximum atomic E-state index is 12.7. The number of hydrogen-bond donors (Lipinski definition) is 3. The number of fused-ring (bicyclic) bond motifs is 1. The molecule has 2 aromatic heterocycles. The van der Waals surface area contributed by atoms with Gasteiger partial charge in [0.2, 0.25) is 5.88 Å². The highest BCUT2D eigenvalue weighted by atomic mass is 32.1. The normalized spacial score (nSPS) is 12.7. The lowest BCUT2D eigenvalue weighted by Gasteiger charge is -2.27. The Kier molecular flexibility index (Phi) is 7.40. The van der Waals surface area contributed by atoms with Crippen molar-refractivity contribution in [2.75, 3.05) is 36.3 Å². The number of methoxy groups -OCH3 is 2. The standard InChI is InChI=1S/C24H26N8O4S/c1-24(2,25-3)31-20(33)14-8-6-7-9-15(14)26-21(34)30-23-27-16-10-11-32(13-17(16)37-23)18-12-19(35-4)29-22(28-18)36-5/h6-9,12H,10-11,13H2,1-2,4-5H3,(H,31,33)(H2,26,27,30,34). The summed E-state index contributed by atoms with van der Waals surface area (Å²) < 4.78 is 10.4. The van der Waals surface area contributed by atoms with Gasteiger partial charge in [0.25, 0.3) is 5.91 Å². The van der Waals surface area contributed by atoms with Crippen LogP contribution in [-0.2, 0) is 13.0 Å². The molecule has 0 atom stereocenters. The zero-order valence-corrected chi connectivity index (χ0v) is 21.6. The number of rotatable bonds is 7. The molecule has 3 heterocycles. The number of amides is 3. The molecule has 0 radical (unpaired) electrons. The van der Waals surface area contributed by atoms with Crippen LogP contribution in [0.5, 0.6) is 11.9 Å². The van der Waals surface area contributed by atoms with E-state index in [0.29, 0.717) is 42.0 Å². The molecule has 0 bridgehead atoms. The van der Waals surface area contributed by atoms with E-state index in [2.05, 4.69) is 40.6 Å². The summed E-state index contributed by atoms with van der Waals surface area (Å²) in [6.07, 6.45) is 0.670. The van der Waals surface area contributed by atoms with E-state index in [0.717, 1.165) is 10.6 Å². The number of thiazole rings is 1. The molecule has 37 heavy (non-hydrogen) atoms. The lowest BCUT2D eigenvalue weighted by atomic mass is 10.1. The van der Waals surface area contributed by atoms with Gasteiger partial charge >= 0.3 is 17.7 Å². The zero-order valence-electron chi connectivity index (χ0n) is 20.8. The summed E-state index contributed by atoms with van der Waals surface area (Å²) in [6.45, 7) is 11.6. The number of carbonyl (C=O) groups is 2. The predicted molar refractivity (Wildman–Crippen MR) is 139 cm³/mol. The van der Waals surface area contributed by atoms with E-state index in [9.17, 15) is 9.59 Å². The summed E-state index contributed by atoms with van der Waals surface area (Å²) >= 11 is 1.37. The second kappa shape index (κ2) is 10.7. The van der Waals surface area contributed by atoms with Crippen molar-refractivity contribution < 1.29 is 19.1 Å². The van der Waals surface area contributed by atoms with Crippen LogP contribution in [0.4, 0.5) is 21.4 Å². The number of nitrogens with one attached hydrogen (secondary N) is 3. The molecular formula is C24H26N8O4S. The molecule has 1 aromatic carbocycles. The minimum Gasteiger partial charge on any atom is -0.481 e. The number of carbonyl (C=O) groups excluding carboxylic acids is 2. The molecule has 3 aromatic rings. The molecule has 13 heteroatoms. The topological polar surface area (TPSA) is 135 Å². The van der Waals surface area contributed by atoms with Crippen molar-refractivity contribution in [3.8, 4) is 11.9 Å². The molecule has 0 unspecified atom stereocenters. The SMILES string of the molecule is [C-]#[N+]C(C)(C)NC(=O)c1ccccc1NC(=O)Nc1nc2c(s1)CN(c1cc(OC)nc(OC)n1)CC2. The summed E-state index contributed by atoms with van der Waals surface area (Å²) in [5.41, 5.74) is 0.407. The lowest BCUT2D eigenvalue weighted by molar-refractivity contribution is 0.0927. The molecule has 3 amide bonds. The molecule has 12 nitrogen and oxygen atoms in total. The molecule has 4 rings (SSSR count). The molecule has 0 aliphatic carbocycles. The van der Waals surface area contributed by atoms with Crippen LogP contribution in [0.25, 0.3) is 4.85 Å². The minimum absolute atomic E-state index is 0.218. The number of hydrogen-bond acceptors (Lipinski definition) is 9. The number of nitrogens with zero attached hydrogens (tertiary/aromatic N) is 5. The maximum absolute atomic E-state index is 12.7. The van der Waals surface area contributed by atoms with E-state index < -0.39 is 17.6 Å². The van der Waals surface area contributed by atoms with Gasteiger partial charge in [0.05, 0.1) is 37.7 Å². The van der Waals surface area contributed by atoms with Gasteiger partial charge in [-0.2, -0.15) is 9.97 Å². The van der Waals surface area contributed by atoms with Crippen LogP contribution in [0.2, 0.25) is 0 Å². The molecule has 3 N–H and O–H groups in total. The number of benzene rings is 1. The van der Waals surface area contributed by atoms with Gasteiger partial charge in [-0.15, -0.1) is 0 Å². The smallest absolute Gasteiger partial charge is 0.325 e. The highest BCUT2D eigenvalue weighted by Crippen LogP contribution is 2.32. The largest absolute Gasteiger partial charge is 0.481 e. The number of para-hydroxylation sites is 1. The summed E-state index contributed by atoms with van der Waals surface area (Å²) in [5.74, 6) is 0.619. The fraction of sp³-hybridized carbons (Fsp3) is 0.333. The van der Waals surface area contributed by atoms with Crippen LogP contribution >= 0.6 is 11.3 Å². The molecule has 0 spiro atoms. The highest BCUT2D eigenvalue weighted by Gasteiger charge is 2.27. The Balaban J connectivity index is 1.44. The highest BCUT2D eigenvalue weighted by molar-refractivity contribution is 7.15. The average Bonchev–Trinajstić information content (AvgIpc) is 3.29. The Bertz CT molecular complexity index is 1340. The van der Waals surface area contributed by atoms with Crippen molar-refractivity contribution in [2.45, 2.75) is 32.5 Å². The van der Waals surface area contributed by atoms with Crippen LogP contribution in [0.15, 0.2) is 30.3 Å². The van der Waals surface area contributed by atoms with Crippen molar-refractivity contribution >= 4 is 39.9 Å². The van der Waals surface area contributed by atoms with Crippen LogP contribution in [-0.4, -0.2) is 53.3 Å². The average molecular weight is 523 g/mol. The van der Waals surface area contributed by atoms with Crippen molar-refractivity contribution in [1.29, 1.82) is 0 Å². The summed E-state index contributed by atoms with van der Waals surface area (Å²) in [4.78, 5) is 45.0. The molecular weight excluding hydrogens is 496 g/mol. The molecule has 1 aliphatic rings. The van der Waals surface area contributed by atoms with Gasteiger partial charge in [0, 0.05) is 37.8 Å². The number of ether oxygens (including phenoxy) is 2. The van der Waals surface area contributed by atoms with Gasteiger partial charge in [-0.25, -0.2) is 16.4 Å². The minimum atomic E-state index is -1.07. The van der Waals surface area contributed by atoms with Gasteiger partial charge in [0.1, 0.15) is 5.82 Å². The molecule has 0 saturated heterocycles. The molecule has 0 saturated carbocycles. The second-order valence-corrected chi connectivity index (χ2v) is 9.65. The first-order chi connectivity index (χ1) is 17.7. The van der Waals surface area contributed by atoms with Crippen LogP contribution in [0, 0.1) is 6.57 Å². The number of urea groups is 1. The van der Waals surface area contributed by atoms with Gasteiger partial charge in [-0.05, 0) is 12.1 Å². The van der Waals surface area contributed by atoms with Gasteiger partial charge in [0.15, 0.2) is 5.13 Å². The van der Waals surface area contributed by atoms with Gasteiger partial charge < -0.3 is 19.7 Å². The van der Waals surface area contributed by atoms with Crippen molar-refractivity contribution in [3.05, 3.63) is 57.9 Å². The number of anilines is 3.